The van der Waals surface area contributed by atoms with E-state index < -0.39 is 10.0 Å². The van der Waals surface area contributed by atoms with Gasteiger partial charge in [0.05, 0.1) is 11.9 Å². The monoisotopic (exact) mass is 396 g/mol. The van der Waals surface area contributed by atoms with Crippen molar-refractivity contribution >= 4 is 43.2 Å². The Morgan fingerprint density at radius 1 is 1.00 bits per heavy atom. The molecule has 0 aliphatic carbocycles. The van der Waals surface area contributed by atoms with Gasteiger partial charge >= 0.3 is 0 Å². The van der Waals surface area contributed by atoms with Crippen molar-refractivity contribution in [2.45, 2.75) is 0 Å². The van der Waals surface area contributed by atoms with Gasteiger partial charge in [0.2, 0.25) is 15.9 Å². The second-order valence-corrected chi connectivity index (χ2v) is 7.86. The summed E-state index contributed by atoms with van der Waals surface area (Å²) in [4.78, 5) is 13.9. The second kappa shape index (κ2) is 7.14. The highest BCUT2D eigenvalue weighted by Gasteiger charge is 2.23. The van der Waals surface area contributed by atoms with E-state index in [2.05, 4.69) is 15.9 Å². The molecule has 1 amide bonds. The molecule has 0 N–H and O–H groups in total. The lowest BCUT2D eigenvalue weighted by Gasteiger charge is -2.25. The molecular formula is C16H17BrN2O3S. The molecule has 2 aromatic carbocycles. The molecule has 0 radical (unpaired) electrons. The van der Waals surface area contributed by atoms with Gasteiger partial charge in [0.1, 0.15) is 6.54 Å². The third-order valence-corrected chi connectivity index (χ3v) is 4.98. The zero-order chi connectivity index (χ0) is 17.0. The lowest BCUT2D eigenvalue weighted by molar-refractivity contribution is -0.116. The van der Waals surface area contributed by atoms with E-state index in [1.165, 1.54) is 4.90 Å². The minimum Gasteiger partial charge on any atom is -0.314 e. The van der Waals surface area contributed by atoms with Gasteiger partial charge in [0.25, 0.3) is 0 Å². The number of likely N-dealkylation sites (N-methyl/N-ethyl adjacent to an activating group) is 1. The first kappa shape index (κ1) is 17.5. The Labute approximate surface area is 144 Å². The van der Waals surface area contributed by atoms with E-state index in [1.807, 2.05) is 18.2 Å². The van der Waals surface area contributed by atoms with Crippen molar-refractivity contribution in [3.63, 3.8) is 0 Å². The van der Waals surface area contributed by atoms with Gasteiger partial charge in [-0.15, -0.1) is 0 Å². The number of halogens is 1. The van der Waals surface area contributed by atoms with Crippen molar-refractivity contribution in [3.05, 3.63) is 59.1 Å². The zero-order valence-corrected chi connectivity index (χ0v) is 15.2. The van der Waals surface area contributed by atoms with Crippen LogP contribution in [0.4, 0.5) is 11.4 Å². The van der Waals surface area contributed by atoms with Crippen LogP contribution in [0.15, 0.2) is 59.1 Å². The third kappa shape index (κ3) is 4.56. The fraction of sp³-hybridized carbons (Fsp3) is 0.188. The van der Waals surface area contributed by atoms with E-state index in [9.17, 15) is 13.2 Å². The fourth-order valence-corrected chi connectivity index (χ4v) is 3.15. The topological polar surface area (TPSA) is 57.7 Å². The van der Waals surface area contributed by atoms with E-state index >= 15 is 0 Å². The Hall–Kier alpha value is -1.86. The normalized spacial score (nSPS) is 11.1. The van der Waals surface area contributed by atoms with E-state index in [0.29, 0.717) is 11.4 Å². The molecule has 0 fully saturated rings. The minimum absolute atomic E-state index is 0.258. The fourth-order valence-electron chi connectivity index (χ4n) is 2.03. The number of nitrogens with zero attached hydrogens (tertiary/aromatic N) is 2. The molecule has 0 saturated heterocycles. The summed E-state index contributed by atoms with van der Waals surface area (Å²) in [5.41, 5.74) is 1.16. The molecule has 0 atom stereocenters. The Morgan fingerprint density at radius 3 is 2.09 bits per heavy atom. The summed E-state index contributed by atoms with van der Waals surface area (Å²) in [6, 6.07) is 15.9. The van der Waals surface area contributed by atoms with E-state index in [-0.39, 0.29) is 12.5 Å². The first-order valence-corrected chi connectivity index (χ1v) is 9.48. The van der Waals surface area contributed by atoms with Crippen molar-refractivity contribution in [2.75, 3.05) is 29.1 Å². The number of hydrogen-bond acceptors (Lipinski definition) is 3. The molecule has 0 aliphatic heterocycles. The molecule has 0 bridgehead atoms. The molecule has 7 heteroatoms. The van der Waals surface area contributed by atoms with Crippen LogP contribution in [0.2, 0.25) is 0 Å². The first-order chi connectivity index (χ1) is 10.8. The largest absolute Gasteiger partial charge is 0.314 e. The maximum Gasteiger partial charge on any atom is 0.247 e. The highest BCUT2D eigenvalue weighted by atomic mass is 79.9. The standard InChI is InChI=1S/C16H17BrN2O3S/c1-18(14-6-4-3-5-7-14)16(20)12-19(23(2,21)22)15-10-8-13(17)9-11-15/h3-11H,12H2,1-2H3. The first-order valence-electron chi connectivity index (χ1n) is 6.84. The zero-order valence-electron chi connectivity index (χ0n) is 12.8. The molecule has 5 nitrogen and oxygen atoms in total. The Bertz CT molecular complexity index is 777. The van der Waals surface area contributed by atoms with E-state index in [0.717, 1.165) is 15.0 Å². The number of amides is 1. The molecule has 2 aromatic rings. The van der Waals surface area contributed by atoms with Gasteiger partial charge in [0, 0.05) is 17.2 Å². The number of carbonyl (C=O) groups is 1. The van der Waals surface area contributed by atoms with Crippen molar-refractivity contribution < 1.29 is 13.2 Å². The molecule has 0 unspecified atom stereocenters. The van der Waals surface area contributed by atoms with Gasteiger partial charge in [-0.3, -0.25) is 9.10 Å². The van der Waals surface area contributed by atoms with E-state index in [4.69, 9.17) is 0 Å². The molecule has 0 saturated carbocycles. The lowest BCUT2D eigenvalue weighted by atomic mass is 10.3. The maximum absolute atomic E-state index is 12.5. The van der Waals surface area contributed by atoms with Gasteiger partial charge in [-0.05, 0) is 36.4 Å². The van der Waals surface area contributed by atoms with Crippen LogP contribution in [0.5, 0.6) is 0 Å². The van der Waals surface area contributed by atoms with E-state index in [1.54, 1.807) is 43.4 Å². The summed E-state index contributed by atoms with van der Waals surface area (Å²) in [6.45, 7) is -0.258. The van der Waals surface area contributed by atoms with Crippen LogP contribution in [0.25, 0.3) is 0 Å². The summed E-state index contributed by atoms with van der Waals surface area (Å²) in [5, 5.41) is 0. The number of carbonyl (C=O) groups excluding carboxylic acids is 1. The summed E-state index contributed by atoms with van der Waals surface area (Å²) < 4.78 is 26.0. The molecule has 2 rings (SSSR count). The summed E-state index contributed by atoms with van der Waals surface area (Å²) in [5.74, 6) is -0.315. The highest BCUT2D eigenvalue weighted by molar-refractivity contribution is 9.10. The third-order valence-electron chi connectivity index (χ3n) is 3.31. The smallest absolute Gasteiger partial charge is 0.247 e. The van der Waals surface area contributed by atoms with Crippen LogP contribution < -0.4 is 9.21 Å². The lowest BCUT2D eigenvalue weighted by Crippen LogP contribution is -2.41. The Morgan fingerprint density at radius 2 is 1.57 bits per heavy atom. The molecule has 0 aromatic heterocycles. The van der Waals surface area contributed by atoms with Crippen LogP contribution in [0.1, 0.15) is 0 Å². The van der Waals surface area contributed by atoms with Crippen molar-refractivity contribution in [1.82, 2.24) is 0 Å². The number of hydrogen-bond donors (Lipinski definition) is 0. The van der Waals surface area contributed by atoms with Gasteiger partial charge < -0.3 is 4.90 Å². The number of anilines is 2. The molecule has 23 heavy (non-hydrogen) atoms. The van der Waals surface area contributed by atoms with Crippen molar-refractivity contribution in [1.29, 1.82) is 0 Å². The van der Waals surface area contributed by atoms with Crippen LogP contribution in [-0.2, 0) is 14.8 Å². The van der Waals surface area contributed by atoms with Crippen molar-refractivity contribution in [2.24, 2.45) is 0 Å². The number of benzene rings is 2. The maximum atomic E-state index is 12.5. The predicted molar refractivity (Wildman–Crippen MR) is 96.2 cm³/mol. The average Bonchev–Trinajstić information content (AvgIpc) is 2.52. The average molecular weight is 397 g/mol. The van der Waals surface area contributed by atoms with Crippen LogP contribution >= 0.6 is 15.9 Å². The molecule has 0 spiro atoms. The van der Waals surface area contributed by atoms with Gasteiger partial charge in [0.15, 0.2) is 0 Å². The molecular weight excluding hydrogens is 380 g/mol. The SMILES string of the molecule is CN(C(=O)CN(c1ccc(Br)cc1)S(C)(=O)=O)c1ccccc1. The number of para-hydroxylation sites is 1. The number of rotatable bonds is 5. The van der Waals surface area contributed by atoms with Crippen molar-refractivity contribution in [3.8, 4) is 0 Å². The van der Waals surface area contributed by atoms with Gasteiger partial charge in [-0.25, -0.2) is 8.42 Å². The van der Waals surface area contributed by atoms with Crippen LogP contribution in [0.3, 0.4) is 0 Å². The summed E-state index contributed by atoms with van der Waals surface area (Å²) >= 11 is 3.31. The number of sulfonamides is 1. The highest BCUT2D eigenvalue weighted by Crippen LogP contribution is 2.21. The molecule has 0 heterocycles. The van der Waals surface area contributed by atoms with Gasteiger partial charge in [-0.2, -0.15) is 0 Å². The summed E-state index contributed by atoms with van der Waals surface area (Å²) in [6.07, 6.45) is 1.09. The quantitative estimate of drug-likeness (QED) is 0.780. The minimum atomic E-state index is -3.57. The predicted octanol–water partition coefficient (Wildman–Crippen LogP) is 2.88. The van der Waals surface area contributed by atoms with Crippen LogP contribution in [0, 0.1) is 0 Å². The van der Waals surface area contributed by atoms with Crippen LogP contribution in [-0.4, -0.2) is 34.2 Å². The second-order valence-electron chi connectivity index (χ2n) is 5.03. The van der Waals surface area contributed by atoms with Gasteiger partial charge in [-0.1, -0.05) is 34.1 Å². The summed E-state index contributed by atoms with van der Waals surface area (Å²) in [7, 11) is -1.95. The Balaban J connectivity index is 2.25. The molecule has 122 valence electrons. The Kier molecular flexibility index (Phi) is 5.43. The molecule has 0 aliphatic rings.